The number of furan rings is 1. The Labute approximate surface area is 162 Å². The molecule has 0 radical (unpaired) electrons. The largest absolute Gasteiger partial charge is 0.457 e. The van der Waals surface area contributed by atoms with Crippen molar-refractivity contribution >= 4 is 34.3 Å². The van der Waals surface area contributed by atoms with Crippen LogP contribution in [0.2, 0.25) is 0 Å². The van der Waals surface area contributed by atoms with Crippen LogP contribution in [0.15, 0.2) is 34.9 Å². The van der Waals surface area contributed by atoms with Gasteiger partial charge in [-0.3, -0.25) is 4.98 Å². The fourth-order valence-corrected chi connectivity index (χ4v) is 2.53. The maximum atomic E-state index is 5.77. The molecule has 0 fully saturated rings. The van der Waals surface area contributed by atoms with Gasteiger partial charge in [0.25, 0.3) is 0 Å². The van der Waals surface area contributed by atoms with Crippen LogP contribution in [0.5, 0.6) is 0 Å². The molecule has 3 rings (SSSR count). The lowest BCUT2D eigenvalue weighted by molar-refractivity contribution is -0.0613. The zero-order chi connectivity index (χ0) is 19.1. The van der Waals surface area contributed by atoms with E-state index in [0.717, 1.165) is 6.54 Å². The number of nitrogens with zero attached hydrogens (tertiary/aromatic N) is 3. The number of aromatic nitrogens is 3. The number of hydrogen-bond acceptors (Lipinski definition) is 7. The molecule has 3 aromatic heterocycles. The van der Waals surface area contributed by atoms with Gasteiger partial charge < -0.3 is 24.5 Å². The van der Waals surface area contributed by atoms with Crippen LogP contribution in [-0.2, 0) is 16.1 Å². The van der Waals surface area contributed by atoms with Crippen LogP contribution < -0.4 is 10.6 Å². The summed E-state index contributed by atoms with van der Waals surface area (Å²) in [6, 6.07) is 7.32. The number of thiocarbonyl (C=S) groups is 1. The SMILES string of the molecule is CCNC(=S)Nc1ccc2ncc(-c3ccc(COCOCC)o3)nc2n1. The molecular formula is C18H21N5O3S. The smallest absolute Gasteiger partial charge is 0.180 e. The maximum Gasteiger partial charge on any atom is 0.180 e. The second kappa shape index (κ2) is 9.36. The van der Waals surface area contributed by atoms with Crippen LogP contribution in [0.4, 0.5) is 5.82 Å². The van der Waals surface area contributed by atoms with E-state index in [-0.39, 0.29) is 6.79 Å². The Balaban J connectivity index is 1.75. The zero-order valence-corrected chi connectivity index (χ0v) is 16.0. The van der Waals surface area contributed by atoms with Crippen LogP contribution in [0.25, 0.3) is 22.6 Å². The summed E-state index contributed by atoms with van der Waals surface area (Å²) >= 11 is 5.18. The summed E-state index contributed by atoms with van der Waals surface area (Å²) in [5, 5.41) is 6.55. The highest BCUT2D eigenvalue weighted by Gasteiger charge is 2.10. The summed E-state index contributed by atoms with van der Waals surface area (Å²) in [5.41, 5.74) is 1.78. The van der Waals surface area contributed by atoms with Gasteiger partial charge in [0, 0.05) is 13.2 Å². The Morgan fingerprint density at radius 3 is 2.85 bits per heavy atom. The van der Waals surface area contributed by atoms with Crippen LogP contribution in [0, 0.1) is 0 Å². The Hall–Kier alpha value is -2.62. The van der Waals surface area contributed by atoms with Crippen molar-refractivity contribution in [2.75, 3.05) is 25.3 Å². The molecule has 142 valence electrons. The van der Waals surface area contributed by atoms with E-state index in [2.05, 4.69) is 25.6 Å². The first-order valence-electron chi connectivity index (χ1n) is 8.62. The average molecular weight is 387 g/mol. The molecule has 0 atom stereocenters. The van der Waals surface area contributed by atoms with Crippen LogP contribution >= 0.6 is 12.2 Å². The van der Waals surface area contributed by atoms with Crippen molar-refractivity contribution in [3.63, 3.8) is 0 Å². The van der Waals surface area contributed by atoms with Crippen LogP contribution in [-0.4, -0.2) is 40.0 Å². The van der Waals surface area contributed by atoms with Crippen molar-refractivity contribution in [2.45, 2.75) is 20.5 Å². The standard InChI is InChI=1S/C18H21N5O3S/c1-3-19-18(27)23-16-8-6-13-17(22-16)21-14(9-20-13)15-7-5-12(26-15)10-25-11-24-4-2/h5-9H,3-4,10-11H2,1-2H3,(H2,19,21,22,23,27). The van der Waals surface area contributed by atoms with E-state index in [1.807, 2.05) is 32.0 Å². The van der Waals surface area contributed by atoms with Gasteiger partial charge in [0.1, 0.15) is 36.2 Å². The summed E-state index contributed by atoms with van der Waals surface area (Å²) < 4.78 is 16.3. The molecule has 0 aliphatic rings. The first-order chi connectivity index (χ1) is 13.2. The Morgan fingerprint density at radius 1 is 1.15 bits per heavy atom. The fraction of sp³-hybridized carbons (Fsp3) is 0.333. The van der Waals surface area contributed by atoms with E-state index in [0.29, 0.717) is 52.5 Å². The van der Waals surface area contributed by atoms with Gasteiger partial charge in [0.05, 0.1) is 6.20 Å². The Kier molecular flexibility index (Phi) is 6.64. The van der Waals surface area contributed by atoms with E-state index in [4.69, 9.17) is 26.1 Å². The first-order valence-corrected chi connectivity index (χ1v) is 9.03. The van der Waals surface area contributed by atoms with Gasteiger partial charge in [0.15, 0.2) is 16.5 Å². The van der Waals surface area contributed by atoms with Crippen molar-refractivity contribution in [1.82, 2.24) is 20.3 Å². The van der Waals surface area contributed by atoms with E-state index in [1.165, 1.54) is 0 Å². The average Bonchev–Trinajstić information content (AvgIpc) is 3.14. The third kappa shape index (κ3) is 5.19. The van der Waals surface area contributed by atoms with Gasteiger partial charge in [-0.1, -0.05) is 0 Å². The number of pyridine rings is 1. The lowest BCUT2D eigenvalue weighted by atomic mass is 10.3. The molecule has 0 aromatic carbocycles. The molecule has 0 spiro atoms. The molecule has 27 heavy (non-hydrogen) atoms. The molecule has 9 heteroatoms. The number of nitrogens with one attached hydrogen (secondary N) is 2. The van der Waals surface area contributed by atoms with Crippen molar-refractivity contribution in [1.29, 1.82) is 0 Å². The lowest BCUT2D eigenvalue weighted by Crippen LogP contribution is -2.28. The molecule has 0 bridgehead atoms. The third-order valence-electron chi connectivity index (χ3n) is 3.51. The molecule has 0 aliphatic heterocycles. The second-order valence-corrected chi connectivity index (χ2v) is 5.91. The van der Waals surface area contributed by atoms with Crippen molar-refractivity contribution < 1.29 is 13.9 Å². The molecule has 3 heterocycles. The third-order valence-corrected chi connectivity index (χ3v) is 3.76. The van der Waals surface area contributed by atoms with E-state index < -0.39 is 0 Å². The summed E-state index contributed by atoms with van der Waals surface area (Å²) in [7, 11) is 0. The quantitative estimate of drug-likeness (QED) is 0.343. The molecule has 2 N–H and O–H groups in total. The van der Waals surface area contributed by atoms with Crippen molar-refractivity contribution in [3.8, 4) is 11.5 Å². The molecule has 8 nitrogen and oxygen atoms in total. The van der Waals surface area contributed by atoms with Crippen LogP contribution in [0.1, 0.15) is 19.6 Å². The van der Waals surface area contributed by atoms with Crippen molar-refractivity contribution in [3.05, 3.63) is 36.2 Å². The second-order valence-electron chi connectivity index (χ2n) is 5.50. The topological polar surface area (TPSA) is 94.3 Å². The van der Waals surface area contributed by atoms with E-state index in [1.54, 1.807) is 12.3 Å². The minimum absolute atomic E-state index is 0.233. The van der Waals surface area contributed by atoms with Gasteiger partial charge in [0.2, 0.25) is 0 Å². The highest BCUT2D eigenvalue weighted by atomic mass is 32.1. The fourth-order valence-electron chi connectivity index (χ4n) is 2.28. The van der Waals surface area contributed by atoms with Gasteiger partial charge in [-0.15, -0.1) is 0 Å². The zero-order valence-electron chi connectivity index (χ0n) is 15.2. The molecule has 3 aromatic rings. The van der Waals surface area contributed by atoms with Gasteiger partial charge in [-0.05, 0) is 50.3 Å². The molecule has 0 unspecified atom stereocenters. The number of ether oxygens (including phenoxy) is 2. The Morgan fingerprint density at radius 2 is 2.04 bits per heavy atom. The van der Waals surface area contributed by atoms with Crippen LogP contribution in [0.3, 0.4) is 0 Å². The monoisotopic (exact) mass is 387 g/mol. The minimum atomic E-state index is 0.233. The minimum Gasteiger partial charge on any atom is -0.457 e. The van der Waals surface area contributed by atoms with Crippen molar-refractivity contribution in [2.24, 2.45) is 0 Å². The Bertz CT molecular complexity index is 915. The van der Waals surface area contributed by atoms with Gasteiger partial charge >= 0.3 is 0 Å². The molecule has 0 saturated carbocycles. The first kappa shape index (κ1) is 19.2. The summed E-state index contributed by atoms with van der Waals surface area (Å²) in [4.78, 5) is 13.4. The van der Waals surface area contributed by atoms with E-state index >= 15 is 0 Å². The lowest BCUT2D eigenvalue weighted by Gasteiger charge is -2.08. The molecular weight excluding hydrogens is 366 g/mol. The number of fused-ring (bicyclic) bond motifs is 1. The molecule has 0 amide bonds. The van der Waals surface area contributed by atoms with Gasteiger partial charge in [-0.25, -0.2) is 9.97 Å². The predicted molar refractivity (Wildman–Crippen MR) is 106 cm³/mol. The summed E-state index contributed by atoms with van der Waals surface area (Å²) in [6.07, 6.45) is 1.66. The van der Waals surface area contributed by atoms with Gasteiger partial charge in [-0.2, -0.15) is 0 Å². The highest BCUT2D eigenvalue weighted by Crippen LogP contribution is 2.22. The predicted octanol–water partition coefficient (Wildman–Crippen LogP) is 3.10. The normalized spacial score (nSPS) is 10.9. The van der Waals surface area contributed by atoms with E-state index in [9.17, 15) is 0 Å². The molecule has 0 saturated heterocycles. The number of rotatable bonds is 8. The molecule has 0 aliphatic carbocycles. The summed E-state index contributed by atoms with van der Waals surface area (Å²) in [6.45, 7) is 5.79. The highest BCUT2D eigenvalue weighted by molar-refractivity contribution is 7.80. The summed E-state index contributed by atoms with van der Waals surface area (Å²) in [5.74, 6) is 1.89. The number of anilines is 1. The number of hydrogen-bond donors (Lipinski definition) is 2. The maximum absolute atomic E-state index is 5.77.